The number of rotatable bonds is 4. The summed E-state index contributed by atoms with van der Waals surface area (Å²) in [6.45, 7) is 5.24. The maximum Gasteiger partial charge on any atom is 0.0728 e. The fourth-order valence-corrected chi connectivity index (χ4v) is 4.78. The van der Waals surface area contributed by atoms with Crippen molar-refractivity contribution in [3.63, 3.8) is 0 Å². The Labute approximate surface area is 152 Å². The van der Waals surface area contributed by atoms with Crippen LogP contribution in [0.5, 0.6) is 0 Å². The molecule has 1 saturated heterocycles. The van der Waals surface area contributed by atoms with Crippen molar-refractivity contribution in [2.75, 3.05) is 32.7 Å². The standard InChI is InChI=1S/C22H30N2O.H2/c25-22(11-4-1-5-12-22)21(17-24-15-13-23-14-16-24)20-10-6-8-18-7-2-3-9-19(18)20;/h2-3,6-10,21,23,25H,1,4-5,11-17H2;1H. The lowest BCUT2D eigenvalue weighted by atomic mass is 9.71. The van der Waals surface area contributed by atoms with E-state index < -0.39 is 5.60 Å². The van der Waals surface area contributed by atoms with E-state index in [0.717, 1.165) is 58.4 Å². The van der Waals surface area contributed by atoms with Crippen molar-refractivity contribution in [2.24, 2.45) is 0 Å². The molecule has 2 aromatic rings. The van der Waals surface area contributed by atoms with Crippen LogP contribution in [0.1, 0.15) is 45.0 Å². The second kappa shape index (κ2) is 7.45. The zero-order valence-corrected chi connectivity index (χ0v) is 15.1. The molecule has 0 radical (unpaired) electrons. The number of nitrogens with one attached hydrogen (secondary N) is 1. The Kier molecular flexibility index (Phi) is 5.07. The summed E-state index contributed by atoms with van der Waals surface area (Å²) in [6, 6.07) is 15.2. The minimum Gasteiger partial charge on any atom is -0.389 e. The number of piperazine rings is 1. The van der Waals surface area contributed by atoms with Gasteiger partial charge in [-0.05, 0) is 29.2 Å². The van der Waals surface area contributed by atoms with Crippen molar-refractivity contribution >= 4 is 10.8 Å². The zero-order valence-electron chi connectivity index (χ0n) is 15.1. The number of aliphatic hydroxyl groups is 1. The monoisotopic (exact) mass is 340 g/mol. The molecule has 1 atom stereocenters. The van der Waals surface area contributed by atoms with Gasteiger partial charge in [-0.2, -0.15) is 0 Å². The molecule has 0 amide bonds. The molecule has 0 aromatic heterocycles. The third-order valence-corrected chi connectivity index (χ3v) is 6.22. The summed E-state index contributed by atoms with van der Waals surface area (Å²) in [5, 5.41) is 17.7. The average molecular weight is 341 g/mol. The largest absolute Gasteiger partial charge is 0.389 e. The predicted octanol–water partition coefficient (Wildman–Crippen LogP) is 3.77. The van der Waals surface area contributed by atoms with Crippen LogP contribution in [-0.2, 0) is 0 Å². The maximum absolute atomic E-state index is 11.6. The Morgan fingerprint density at radius 2 is 1.72 bits per heavy atom. The first-order valence-corrected chi connectivity index (χ1v) is 9.89. The lowest BCUT2D eigenvalue weighted by Crippen LogP contribution is -2.49. The van der Waals surface area contributed by atoms with E-state index in [0.29, 0.717) is 0 Å². The first-order chi connectivity index (χ1) is 12.3. The summed E-state index contributed by atoms with van der Waals surface area (Å²) in [5.74, 6) is 0.192. The molecular formula is C22H32N2O. The summed E-state index contributed by atoms with van der Waals surface area (Å²) in [7, 11) is 0. The van der Waals surface area contributed by atoms with Crippen LogP contribution in [0.4, 0.5) is 0 Å². The van der Waals surface area contributed by atoms with E-state index in [2.05, 4.69) is 52.7 Å². The van der Waals surface area contributed by atoms with Crippen molar-refractivity contribution in [3.8, 4) is 0 Å². The minimum absolute atomic E-state index is 0. The molecule has 1 unspecified atom stereocenters. The highest BCUT2D eigenvalue weighted by atomic mass is 16.3. The Morgan fingerprint density at radius 3 is 2.52 bits per heavy atom. The SMILES string of the molecule is OC1(C(CN2CCNCC2)c2cccc3ccccc23)CCCCC1.[HH]. The van der Waals surface area contributed by atoms with Gasteiger partial charge in [0.25, 0.3) is 0 Å². The lowest BCUT2D eigenvalue weighted by molar-refractivity contribution is -0.0312. The normalized spacial score (nSPS) is 22.8. The van der Waals surface area contributed by atoms with Crippen molar-refractivity contribution in [1.29, 1.82) is 0 Å². The number of hydrogen-bond donors (Lipinski definition) is 2. The van der Waals surface area contributed by atoms with E-state index in [-0.39, 0.29) is 7.34 Å². The van der Waals surface area contributed by atoms with E-state index in [1.54, 1.807) is 0 Å². The molecule has 1 heterocycles. The van der Waals surface area contributed by atoms with Gasteiger partial charge in [-0.3, -0.25) is 0 Å². The van der Waals surface area contributed by atoms with Gasteiger partial charge in [0.2, 0.25) is 0 Å². The van der Waals surface area contributed by atoms with E-state index in [1.807, 2.05) is 0 Å². The van der Waals surface area contributed by atoms with E-state index in [4.69, 9.17) is 0 Å². The minimum atomic E-state index is -0.562. The Hall–Kier alpha value is -1.42. The van der Waals surface area contributed by atoms with Crippen LogP contribution in [0, 0.1) is 0 Å². The molecule has 2 N–H and O–H groups in total. The van der Waals surface area contributed by atoms with Crippen LogP contribution >= 0.6 is 0 Å². The summed E-state index contributed by atoms with van der Waals surface area (Å²) < 4.78 is 0. The Morgan fingerprint density at radius 1 is 1.00 bits per heavy atom. The molecular weight excluding hydrogens is 308 g/mol. The van der Waals surface area contributed by atoms with Gasteiger partial charge in [-0.1, -0.05) is 61.7 Å². The fourth-order valence-electron chi connectivity index (χ4n) is 4.78. The molecule has 2 aromatic carbocycles. The van der Waals surface area contributed by atoms with Crippen LogP contribution < -0.4 is 5.32 Å². The van der Waals surface area contributed by atoms with Gasteiger partial charge in [0, 0.05) is 40.1 Å². The van der Waals surface area contributed by atoms with Crippen molar-refractivity contribution < 1.29 is 6.53 Å². The molecule has 4 rings (SSSR count). The lowest BCUT2D eigenvalue weighted by Gasteiger charge is -2.43. The molecule has 2 fully saturated rings. The van der Waals surface area contributed by atoms with Crippen molar-refractivity contribution in [2.45, 2.75) is 43.6 Å². The number of hydrogen-bond acceptors (Lipinski definition) is 3. The van der Waals surface area contributed by atoms with Crippen LogP contribution in [0.2, 0.25) is 0 Å². The quantitative estimate of drug-likeness (QED) is 0.889. The summed E-state index contributed by atoms with van der Waals surface area (Å²) in [5.41, 5.74) is 0.772. The molecule has 2 aliphatic rings. The van der Waals surface area contributed by atoms with E-state index >= 15 is 0 Å². The van der Waals surface area contributed by atoms with E-state index in [9.17, 15) is 5.11 Å². The van der Waals surface area contributed by atoms with E-state index in [1.165, 1.54) is 22.8 Å². The molecule has 0 spiro atoms. The van der Waals surface area contributed by atoms with Gasteiger partial charge in [-0.25, -0.2) is 0 Å². The third kappa shape index (κ3) is 3.59. The number of benzene rings is 2. The molecule has 0 bridgehead atoms. The van der Waals surface area contributed by atoms with Crippen LogP contribution in [-0.4, -0.2) is 48.3 Å². The highest BCUT2D eigenvalue weighted by Gasteiger charge is 2.40. The van der Waals surface area contributed by atoms with Gasteiger partial charge in [0.05, 0.1) is 5.60 Å². The third-order valence-electron chi connectivity index (χ3n) is 6.22. The average Bonchev–Trinajstić information content (AvgIpc) is 2.67. The first-order valence-electron chi connectivity index (χ1n) is 9.89. The van der Waals surface area contributed by atoms with Gasteiger partial charge in [0.1, 0.15) is 0 Å². The molecule has 3 heteroatoms. The van der Waals surface area contributed by atoms with Crippen molar-refractivity contribution in [3.05, 3.63) is 48.0 Å². The topological polar surface area (TPSA) is 35.5 Å². The highest BCUT2D eigenvalue weighted by molar-refractivity contribution is 5.86. The van der Waals surface area contributed by atoms with Crippen LogP contribution in [0.3, 0.4) is 0 Å². The Balaban J connectivity index is 0.00000196. The molecule has 1 aliphatic carbocycles. The molecule has 3 nitrogen and oxygen atoms in total. The molecule has 136 valence electrons. The highest BCUT2D eigenvalue weighted by Crippen LogP contribution is 2.42. The molecule has 1 aliphatic heterocycles. The summed E-state index contributed by atoms with van der Waals surface area (Å²) in [4.78, 5) is 2.54. The van der Waals surface area contributed by atoms with Crippen LogP contribution in [0.25, 0.3) is 10.8 Å². The summed E-state index contributed by atoms with van der Waals surface area (Å²) >= 11 is 0. The van der Waals surface area contributed by atoms with Gasteiger partial charge >= 0.3 is 0 Å². The predicted molar refractivity (Wildman–Crippen MR) is 106 cm³/mol. The van der Waals surface area contributed by atoms with Crippen LogP contribution in [0.15, 0.2) is 42.5 Å². The summed E-state index contributed by atoms with van der Waals surface area (Å²) in [6.07, 6.45) is 5.44. The van der Waals surface area contributed by atoms with Gasteiger partial charge in [0.15, 0.2) is 0 Å². The second-order valence-electron chi connectivity index (χ2n) is 7.84. The fraction of sp³-hybridized carbons (Fsp3) is 0.545. The molecule has 1 saturated carbocycles. The smallest absolute Gasteiger partial charge is 0.0728 e. The zero-order chi connectivity index (χ0) is 17.1. The van der Waals surface area contributed by atoms with Crippen molar-refractivity contribution in [1.82, 2.24) is 10.2 Å². The second-order valence-corrected chi connectivity index (χ2v) is 7.84. The van der Waals surface area contributed by atoms with Gasteiger partial charge in [-0.15, -0.1) is 0 Å². The first kappa shape index (κ1) is 17.0. The molecule has 25 heavy (non-hydrogen) atoms. The Bertz CT molecular complexity index is 703. The maximum atomic E-state index is 11.6. The number of nitrogens with zero attached hydrogens (tertiary/aromatic N) is 1. The van der Waals surface area contributed by atoms with Gasteiger partial charge < -0.3 is 15.3 Å². The number of fused-ring (bicyclic) bond motifs is 1.